The molecule has 0 amide bonds. The summed E-state index contributed by atoms with van der Waals surface area (Å²) in [5.74, 6) is -0.615. The summed E-state index contributed by atoms with van der Waals surface area (Å²) in [6, 6.07) is -0.620. The molecule has 29 heavy (non-hydrogen) atoms. The highest BCUT2D eigenvalue weighted by atomic mass is 16.4. The first-order valence-corrected chi connectivity index (χ1v) is 10.5. The summed E-state index contributed by atoms with van der Waals surface area (Å²) in [6.45, 7) is 14.9. The van der Waals surface area contributed by atoms with Crippen LogP contribution in [0.3, 0.4) is 0 Å². The van der Waals surface area contributed by atoms with Crippen molar-refractivity contribution < 1.29 is 24.3 Å². The van der Waals surface area contributed by atoms with Gasteiger partial charge in [-0.15, -0.1) is 0 Å². The third kappa shape index (κ3) is 15.0. The van der Waals surface area contributed by atoms with Gasteiger partial charge in [0.25, 0.3) is 0 Å². The van der Waals surface area contributed by atoms with Crippen LogP contribution in [-0.4, -0.2) is 46.6 Å². The number of nitrogens with two attached hydrogens (primary N) is 1. The molecule has 4 N–H and O–H groups in total. The van der Waals surface area contributed by atoms with Crippen LogP contribution in [0.15, 0.2) is 0 Å². The van der Waals surface area contributed by atoms with Gasteiger partial charge in [-0.3, -0.25) is 19.2 Å². The Balaban J connectivity index is 0. The average Bonchev–Trinajstić information content (AvgIpc) is 2.61. The van der Waals surface area contributed by atoms with Gasteiger partial charge in [-0.05, 0) is 12.8 Å². The summed E-state index contributed by atoms with van der Waals surface area (Å²) < 4.78 is 0. The van der Waals surface area contributed by atoms with Gasteiger partial charge in [0.1, 0.15) is 5.78 Å². The monoisotopic (exact) mass is 414 g/mol. The number of hydrogen-bond donors (Lipinski definition) is 3. The predicted octanol–water partition coefficient (Wildman–Crippen LogP) is 2.99. The van der Waals surface area contributed by atoms with E-state index in [1.54, 1.807) is 0 Å². The predicted molar refractivity (Wildman–Crippen MR) is 116 cm³/mol. The maximum absolute atomic E-state index is 11.7. The molecule has 0 aliphatic heterocycles. The minimum atomic E-state index is -0.859. The summed E-state index contributed by atoms with van der Waals surface area (Å²) in [4.78, 5) is 44.8. The number of carboxylic acids is 1. The molecule has 0 aliphatic carbocycles. The lowest BCUT2D eigenvalue weighted by molar-refractivity contribution is -0.137. The lowest BCUT2D eigenvalue weighted by Crippen LogP contribution is -2.43. The lowest BCUT2D eigenvalue weighted by atomic mass is 9.95. The Morgan fingerprint density at radius 1 is 0.759 bits per heavy atom. The zero-order chi connectivity index (χ0) is 23.3. The minimum Gasteiger partial charge on any atom is -0.481 e. The van der Waals surface area contributed by atoms with Crippen LogP contribution in [0.1, 0.15) is 81.1 Å². The molecule has 2 unspecified atom stereocenters. The standard InChI is InChI=1S/C11H21NO3.C11H21NO2/c1-7(2)11(15)9(12-8(3)4)5-6-10(13)14;1-7(2)10(13)6-5-9(12)11(14)8(3)4/h7-9,12H,5-6H2,1-4H3,(H,13,14);7-9H,5-6,12H2,1-4H3. The van der Waals surface area contributed by atoms with E-state index < -0.39 is 12.0 Å². The third-order valence-corrected chi connectivity index (χ3v) is 4.37. The molecule has 0 bridgehead atoms. The zero-order valence-electron chi connectivity index (χ0n) is 19.5. The molecule has 0 aromatic heterocycles. The Labute approximate surface area is 176 Å². The van der Waals surface area contributed by atoms with Gasteiger partial charge in [-0.25, -0.2) is 0 Å². The topological polar surface area (TPSA) is 127 Å². The van der Waals surface area contributed by atoms with Crippen molar-refractivity contribution >= 4 is 23.3 Å². The molecular weight excluding hydrogens is 372 g/mol. The Morgan fingerprint density at radius 2 is 1.24 bits per heavy atom. The van der Waals surface area contributed by atoms with E-state index in [4.69, 9.17) is 10.8 Å². The number of carboxylic acid groups (broad SMARTS) is 1. The van der Waals surface area contributed by atoms with Gasteiger partial charge in [0.2, 0.25) is 0 Å². The summed E-state index contributed by atoms with van der Waals surface area (Å²) in [7, 11) is 0. The molecule has 0 spiro atoms. The Kier molecular flexibility index (Phi) is 15.6. The fraction of sp³-hybridized carbons (Fsp3) is 0.818. The van der Waals surface area contributed by atoms with Gasteiger partial charge in [0.05, 0.1) is 12.1 Å². The Morgan fingerprint density at radius 3 is 1.59 bits per heavy atom. The van der Waals surface area contributed by atoms with Crippen LogP contribution >= 0.6 is 0 Å². The van der Waals surface area contributed by atoms with Crippen LogP contribution in [0.2, 0.25) is 0 Å². The number of Topliss-reactive ketones (excluding diaryl/α,β-unsaturated/α-hetero) is 3. The summed E-state index contributed by atoms with van der Waals surface area (Å²) >= 11 is 0. The first kappa shape index (κ1) is 29.6. The Hall–Kier alpha value is -1.60. The van der Waals surface area contributed by atoms with E-state index in [-0.39, 0.29) is 53.6 Å². The molecule has 0 saturated carbocycles. The molecule has 0 radical (unpaired) electrons. The first-order chi connectivity index (χ1) is 13.2. The highest BCUT2D eigenvalue weighted by Crippen LogP contribution is 2.08. The first-order valence-electron chi connectivity index (χ1n) is 10.5. The molecular formula is C22H42N2O5. The fourth-order valence-electron chi connectivity index (χ4n) is 2.54. The molecule has 0 saturated heterocycles. The molecule has 0 fully saturated rings. The average molecular weight is 415 g/mol. The largest absolute Gasteiger partial charge is 0.481 e. The van der Waals surface area contributed by atoms with E-state index in [1.807, 2.05) is 55.4 Å². The van der Waals surface area contributed by atoms with Crippen LogP contribution < -0.4 is 11.1 Å². The zero-order valence-corrected chi connectivity index (χ0v) is 19.5. The number of carbonyl (C=O) groups excluding carboxylic acids is 3. The van der Waals surface area contributed by atoms with E-state index in [0.29, 0.717) is 19.3 Å². The smallest absolute Gasteiger partial charge is 0.303 e. The van der Waals surface area contributed by atoms with Gasteiger partial charge in [0, 0.05) is 36.6 Å². The van der Waals surface area contributed by atoms with Gasteiger partial charge in [-0.1, -0.05) is 55.4 Å². The molecule has 2 atom stereocenters. The molecule has 7 nitrogen and oxygen atoms in total. The van der Waals surface area contributed by atoms with Crippen molar-refractivity contribution in [2.45, 2.75) is 99.2 Å². The number of rotatable bonds is 13. The van der Waals surface area contributed by atoms with Gasteiger partial charge in [-0.2, -0.15) is 0 Å². The van der Waals surface area contributed by atoms with Crippen LogP contribution in [0.4, 0.5) is 0 Å². The van der Waals surface area contributed by atoms with Crippen molar-refractivity contribution in [3.8, 4) is 0 Å². The van der Waals surface area contributed by atoms with Crippen LogP contribution in [0, 0.1) is 17.8 Å². The normalized spacial score (nSPS) is 13.3. The van der Waals surface area contributed by atoms with Crippen LogP contribution in [-0.2, 0) is 19.2 Å². The maximum atomic E-state index is 11.7. The van der Waals surface area contributed by atoms with Crippen molar-refractivity contribution in [2.24, 2.45) is 23.5 Å². The molecule has 0 aromatic rings. The second-order valence-corrected chi connectivity index (χ2v) is 8.69. The second-order valence-electron chi connectivity index (χ2n) is 8.69. The van der Waals surface area contributed by atoms with E-state index in [1.165, 1.54) is 0 Å². The van der Waals surface area contributed by atoms with Crippen molar-refractivity contribution in [3.63, 3.8) is 0 Å². The van der Waals surface area contributed by atoms with Crippen molar-refractivity contribution in [2.75, 3.05) is 0 Å². The lowest BCUT2D eigenvalue weighted by Gasteiger charge is -2.21. The number of aliphatic carboxylic acids is 1. The van der Waals surface area contributed by atoms with Gasteiger partial charge < -0.3 is 16.2 Å². The SMILES string of the molecule is CC(C)C(=O)CCC(N)C(=O)C(C)C.CC(C)NC(CCC(=O)O)C(=O)C(C)C. The third-order valence-electron chi connectivity index (χ3n) is 4.37. The summed E-state index contributed by atoms with van der Waals surface area (Å²) in [5, 5.41) is 11.7. The van der Waals surface area contributed by atoms with Crippen molar-refractivity contribution in [1.82, 2.24) is 5.32 Å². The van der Waals surface area contributed by atoms with Gasteiger partial charge in [0.15, 0.2) is 11.6 Å². The molecule has 170 valence electrons. The van der Waals surface area contributed by atoms with E-state index in [0.717, 1.165) is 0 Å². The number of hydrogen-bond acceptors (Lipinski definition) is 6. The molecule has 0 aromatic carbocycles. The summed E-state index contributed by atoms with van der Waals surface area (Å²) in [6.07, 6.45) is 1.29. The highest BCUT2D eigenvalue weighted by Gasteiger charge is 2.22. The summed E-state index contributed by atoms with van der Waals surface area (Å²) in [5.41, 5.74) is 5.66. The molecule has 0 aliphatic rings. The fourth-order valence-corrected chi connectivity index (χ4v) is 2.54. The quantitative estimate of drug-likeness (QED) is 0.423. The second kappa shape index (κ2) is 15.3. The highest BCUT2D eigenvalue weighted by molar-refractivity contribution is 5.87. The van der Waals surface area contributed by atoms with Gasteiger partial charge >= 0.3 is 5.97 Å². The minimum absolute atomic E-state index is 0.0306. The van der Waals surface area contributed by atoms with Crippen LogP contribution in [0.25, 0.3) is 0 Å². The van der Waals surface area contributed by atoms with Crippen LogP contribution in [0.5, 0.6) is 0 Å². The molecule has 0 heterocycles. The number of nitrogens with one attached hydrogen (secondary N) is 1. The van der Waals surface area contributed by atoms with Crippen molar-refractivity contribution in [3.05, 3.63) is 0 Å². The van der Waals surface area contributed by atoms with E-state index in [2.05, 4.69) is 5.32 Å². The number of ketones is 3. The molecule has 0 rings (SSSR count). The van der Waals surface area contributed by atoms with E-state index in [9.17, 15) is 19.2 Å². The molecule has 7 heteroatoms. The van der Waals surface area contributed by atoms with Crippen molar-refractivity contribution in [1.29, 1.82) is 0 Å². The Bertz CT molecular complexity index is 527. The van der Waals surface area contributed by atoms with E-state index >= 15 is 0 Å². The maximum Gasteiger partial charge on any atom is 0.303 e. The number of carbonyl (C=O) groups is 4.